The van der Waals surface area contributed by atoms with Gasteiger partial charge in [0.05, 0.1) is 0 Å². The molecule has 0 aliphatic heterocycles. The molecule has 0 N–H and O–H groups in total. The summed E-state index contributed by atoms with van der Waals surface area (Å²) in [5.74, 6) is 0. The van der Waals surface area contributed by atoms with Crippen LogP contribution in [-0.4, -0.2) is 0 Å². The number of pyridine rings is 1. The smallest absolute Gasteiger partial charge is 0.171 e. The van der Waals surface area contributed by atoms with E-state index in [4.69, 9.17) is 0 Å². The molecule has 0 amide bonds. The zero-order chi connectivity index (χ0) is 25.8. The van der Waals surface area contributed by atoms with Crippen molar-refractivity contribution in [3.05, 3.63) is 30.1 Å². The van der Waals surface area contributed by atoms with Crippen LogP contribution in [0.25, 0.3) is 0 Å². The topological polar surface area (TPSA) is 3.88 Å². The molecule has 1 aromatic heterocycles. The van der Waals surface area contributed by atoms with E-state index in [1.165, 1.54) is 185 Å². The normalized spacial score (nSPS) is 11.4. The number of nitrogens with zero attached hydrogens (tertiary/aromatic N) is 1. The average molecular weight is 501 g/mol. The van der Waals surface area contributed by atoms with Crippen molar-refractivity contribution in [1.82, 2.24) is 0 Å². The molecular weight excluding hydrogens is 434 g/mol. The van der Waals surface area contributed by atoms with Crippen molar-refractivity contribution in [3.63, 3.8) is 0 Å². The first kappa shape index (κ1) is 33.2. The maximum Gasteiger partial charge on any atom is 0.171 e. The first-order valence-electron chi connectivity index (χ1n) is 16.8. The van der Waals surface area contributed by atoms with E-state index in [0.717, 1.165) is 0 Å². The molecule has 0 aromatic carbocycles. The molecule has 0 atom stereocenters. The molecule has 1 heterocycles. The maximum atomic E-state index is 2.44. The fraction of sp³-hybridized carbons (Fsp3) is 0.857. The third kappa shape index (κ3) is 22.4. The molecule has 1 heteroatoms. The molecule has 0 saturated carbocycles. The van der Waals surface area contributed by atoms with Crippen molar-refractivity contribution in [3.8, 4) is 0 Å². The number of hydrogen-bond donors (Lipinski definition) is 0. The van der Waals surface area contributed by atoms with Gasteiger partial charge in [0.25, 0.3) is 0 Å². The van der Waals surface area contributed by atoms with E-state index in [0.29, 0.717) is 0 Å². The van der Waals surface area contributed by atoms with Gasteiger partial charge in [-0.2, -0.15) is 0 Å². The van der Waals surface area contributed by atoms with E-state index in [1.54, 1.807) is 0 Å². The van der Waals surface area contributed by atoms with E-state index in [1.807, 2.05) is 0 Å². The number of aromatic nitrogens is 1. The summed E-state index contributed by atoms with van der Waals surface area (Å²) < 4.78 is 2.44. The molecule has 0 saturated heterocycles. The Labute approximate surface area is 228 Å². The van der Waals surface area contributed by atoms with Gasteiger partial charge in [-0.3, -0.25) is 0 Å². The lowest BCUT2D eigenvalue weighted by atomic mass is 10.0. The Hall–Kier alpha value is -0.850. The summed E-state index contributed by atoms with van der Waals surface area (Å²) in [5.41, 5.74) is 1.54. The maximum absolute atomic E-state index is 2.44. The van der Waals surface area contributed by atoms with Crippen LogP contribution in [0.1, 0.15) is 186 Å². The largest absolute Gasteiger partial charge is 0.205 e. The molecule has 0 fully saturated rings. The second kappa shape index (κ2) is 27.2. The van der Waals surface area contributed by atoms with Gasteiger partial charge in [-0.25, -0.2) is 4.57 Å². The zero-order valence-electron chi connectivity index (χ0n) is 25.1. The molecule has 0 radical (unpaired) electrons. The Bertz CT molecular complexity index is 551. The summed E-state index contributed by atoms with van der Waals surface area (Å²) in [5, 5.41) is 0. The van der Waals surface area contributed by atoms with E-state index >= 15 is 0 Å². The second-order valence-corrected chi connectivity index (χ2v) is 11.7. The minimum absolute atomic E-state index is 1.20. The molecule has 210 valence electrons. The zero-order valence-corrected chi connectivity index (χ0v) is 25.1. The minimum atomic E-state index is 1.20. The van der Waals surface area contributed by atoms with Crippen LogP contribution in [-0.2, 0) is 13.0 Å². The molecule has 0 aliphatic rings. The highest BCUT2D eigenvalue weighted by Gasteiger charge is 2.03. The first-order valence-corrected chi connectivity index (χ1v) is 16.8. The molecule has 1 nitrogen and oxygen atoms in total. The van der Waals surface area contributed by atoms with E-state index in [-0.39, 0.29) is 0 Å². The Morgan fingerprint density at radius 2 is 0.806 bits per heavy atom. The van der Waals surface area contributed by atoms with Gasteiger partial charge >= 0.3 is 0 Å². The van der Waals surface area contributed by atoms with Gasteiger partial charge in [0.1, 0.15) is 6.54 Å². The second-order valence-electron chi connectivity index (χ2n) is 11.7. The standard InChI is InChI=1S/C35H66N/c1-3-5-7-9-11-13-15-17-18-20-22-24-26-28-32-36-33-29-31-35(34-36)30-27-25-23-21-19-16-14-12-10-8-6-4-2/h29,31,33-34H,3-28,30,32H2,1-2H3/q+1. The quantitative estimate of drug-likeness (QED) is 0.0795. The summed E-state index contributed by atoms with van der Waals surface area (Å²) in [4.78, 5) is 0. The van der Waals surface area contributed by atoms with Crippen LogP contribution in [0.2, 0.25) is 0 Å². The minimum Gasteiger partial charge on any atom is -0.205 e. The highest BCUT2D eigenvalue weighted by atomic mass is 14.9. The van der Waals surface area contributed by atoms with Crippen LogP contribution in [0, 0.1) is 0 Å². The van der Waals surface area contributed by atoms with Crippen molar-refractivity contribution in [2.75, 3.05) is 0 Å². The SMILES string of the molecule is CCCCCCCCCCCCCCCC[n+]1cccc(CCCCCCCCCCCCCC)c1. The van der Waals surface area contributed by atoms with E-state index < -0.39 is 0 Å². The molecule has 1 aromatic rings. The molecule has 0 spiro atoms. The van der Waals surface area contributed by atoms with Gasteiger partial charge in [-0.1, -0.05) is 162 Å². The Morgan fingerprint density at radius 1 is 0.444 bits per heavy atom. The van der Waals surface area contributed by atoms with Gasteiger partial charge in [0.2, 0.25) is 0 Å². The Kier molecular flexibility index (Phi) is 25.1. The highest BCUT2D eigenvalue weighted by Crippen LogP contribution is 2.14. The summed E-state index contributed by atoms with van der Waals surface area (Å²) >= 11 is 0. The number of hydrogen-bond acceptors (Lipinski definition) is 0. The van der Waals surface area contributed by atoms with Gasteiger partial charge in [-0.15, -0.1) is 0 Å². The molecule has 0 bridgehead atoms. The lowest BCUT2D eigenvalue weighted by molar-refractivity contribution is -0.697. The molecule has 0 aliphatic carbocycles. The van der Waals surface area contributed by atoms with Gasteiger partial charge in [0, 0.05) is 18.1 Å². The van der Waals surface area contributed by atoms with E-state index in [9.17, 15) is 0 Å². The Balaban J connectivity index is 1.89. The number of unbranched alkanes of at least 4 members (excludes halogenated alkanes) is 24. The van der Waals surface area contributed by atoms with Crippen LogP contribution in [0.15, 0.2) is 24.5 Å². The van der Waals surface area contributed by atoms with Crippen LogP contribution in [0.4, 0.5) is 0 Å². The summed E-state index contributed by atoms with van der Waals surface area (Å²) in [6, 6.07) is 4.60. The predicted octanol–water partition coefficient (Wildman–Crippen LogP) is 11.7. The fourth-order valence-electron chi connectivity index (χ4n) is 5.52. The number of aryl methyl sites for hydroxylation is 2. The Morgan fingerprint density at radius 3 is 1.22 bits per heavy atom. The van der Waals surface area contributed by atoms with E-state index in [2.05, 4.69) is 42.9 Å². The van der Waals surface area contributed by atoms with Crippen LogP contribution >= 0.6 is 0 Å². The molecule has 0 unspecified atom stereocenters. The molecule has 36 heavy (non-hydrogen) atoms. The van der Waals surface area contributed by atoms with Gasteiger partial charge in [-0.05, 0) is 25.3 Å². The van der Waals surface area contributed by atoms with Crippen molar-refractivity contribution in [1.29, 1.82) is 0 Å². The van der Waals surface area contributed by atoms with Crippen LogP contribution < -0.4 is 4.57 Å². The molecular formula is C35H66N+. The highest BCUT2D eigenvalue weighted by molar-refractivity contribution is 5.05. The van der Waals surface area contributed by atoms with Crippen molar-refractivity contribution >= 4 is 0 Å². The van der Waals surface area contributed by atoms with Crippen LogP contribution in [0.3, 0.4) is 0 Å². The lowest BCUT2D eigenvalue weighted by Gasteiger charge is -2.04. The van der Waals surface area contributed by atoms with Gasteiger partial charge in [0.15, 0.2) is 12.4 Å². The molecule has 1 rings (SSSR count). The van der Waals surface area contributed by atoms with Crippen molar-refractivity contribution < 1.29 is 4.57 Å². The first-order chi connectivity index (χ1) is 17.9. The summed E-state index contributed by atoms with van der Waals surface area (Å²) in [7, 11) is 0. The van der Waals surface area contributed by atoms with Crippen molar-refractivity contribution in [2.24, 2.45) is 0 Å². The third-order valence-electron chi connectivity index (χ3n) is 8.01. The van der Waals surface area contributed by atoms with Gasteiger partial charge < -0.3 is 0 Å². The summed E-state index contributed by atoms with van der Waals surface area (Å²) in [6.45, 7) is 5.80. The lowest BCUT2D eigenvalue weighted by Crippen LogP contribution is -2.33. The third-order valence-corrected chi connectivity index (χ3v) is 8.01. The average Bonchev–Trinajstić information content (AvgIpc) is 2.90. The van der Waals surface area contributed by atoms with Crippen LogP contribution in [0.5, 0.6) is 0 Å². The fourth-order valence-corrected chi connectivity index (χ4v) is 5.52. The predicted molar refractivity (Wildman–Crippen MR) is 162 cm³/mol. The summed E-state index contributed by atoms with van der Waals surface area (Å²) in [6.07, 6.45) is 43.3. The monoisotopic (exact) mass is 501 g/mol. The number of rotatable bonds is 28. The van der Waals surface area contributed by atoms with Crippen molar-refractivity contribution in [2.45, 2.75) is 194 Å².